The van der Waals surface area contributed by atoms with Gasteiger partial charge in [0.1, 0.15) is 0 Å². The minimum Gasteiger partial charge on any atom is -0.341 e. The Bertz CT molecular complexity index is 289. The number of hydrogen-bond acceptors (Lipinski definition) is 3. The molecular formula is C14H27N3O. The van der Waals surface area contributed by atoms with Crippen molar-refractivity contribution < 1.29 is 4.79 Å². The van der Waals surface area contributed by atoms with Gasteiger partial charge in [0.15, 0.2) is 0 Å². The molecule has 2 saturated heterocycles. The van der Waals surface area contributed by atoms with Crippen LogP contribution in [0.3, 0.4) is 0 Å². The molecule has 0 aromatic carbocycles. The Kier molecular flexibility index (Phi) is 4.62. The van der Waals surface area contributed by atoms with Crippen molar-refractivity contribution in [2.75, 3.05) is 26.2 Å². The summed E-state index contributed by atoms with van der Waals surface area (Å²) in [4.78, 5) is 16.9. The third-order valence-electron chi connectivity index (χ3n) is 4.34. The normalized spacial score (nSPS) is 32.3. The molecule has 2 aliphatic heterocycles. The SMILES string of the molecule is CC1CN(C(C)C(=O)N2CCCCC2)C(C)CN1. The number of piperazine rings is 1. The van der Waals surface area contributed by atoms with E-state index in [1.54, 1.807) is 0 Å². The lowest BCUT2D eigenvalue weighted by atomic mass is 10.1. The fourth-order valence-corrected chi connectivity index (χ4v) is 3.11. The number of piperidine rings is 1. The van der Waals surface area contributed by atoms with E-state index in [-0.39, 0.29) is 6.04 Å². The fourth-order valence-electron chi connectivity index (χ4n) is 3.11. The van der Waals surface area contributed by atoms with Crippen LogP contribution in [-0.4, -0.2) is 60.0 Å². The zero-order chi connectivity index (χ0) is 13.1. The van der Waals surface area contributed by atoms with E-state index in [0.717, 1.165) is 26.2 Å². The Morgan fingerprint density at radius 1 is 1.22 bits per heavy atom. The van der Waals surface area contributed by atoms with Crippen LogP contribution in [0.1, 0.15) is 40.0 Å². The molecule has 0 radical (unpaired) electrons. The van der Waals surface area contributed by atoms with E-state index in [1.165, 1.54) is 19.3 Å². The summed E-state index contributed by atoms with van der Waals surface area (Å²) < 4.78 is 0. The molecule has 4 nitrogen and oxygen atoms in total. The van der Waals surface area contributed by atoms with E-state index in [1.807, 2.05) is 0 Å². The van der Waals surface area contributed by atoms with E-state index >= 15 is 0 Å². The Balaban J connectivity index is 1.95. The Labute approximate surface area is 111 Å². The lowest BCUT2D eigenvalue weighted by Gasteiger charge is -2.42. The number of nitrogens with zero attached hydrogens (tertiary/aromatic N) is 2. The number of carbonyl (C=O) groups is 1. The maximum Gasteiger partial charge on any atom is 0.239 e. The smallest absolute Gasteiger partial charge is 0.239 e. The van der Waals surface area contributed by atoms with Crippen molar-refractivity contribution in [3.8, 4) is 0 Å². The molecule has 4 heteroatoms. The second-order valence-electron chi connectivity index (χ2n) is 5.92. The molecule has 2 aliphatic rings. The van der Waals surface area contributed by atoms with Crippen LogP contribution in [0.15, 0.2) is 0 Å². The second kappa shape index (κ2) is 6.02. The summed E-state index contributed by atoms with van der Waals surface area (Å²) in [6, 6.07) is 0.963. The fraction of sp³-hybridized carbons (Fsp3) is 0.929. The summed E-state index contributed by atoms with van der Waals surface area (Å²) in [5.74, 6) is 0.329. The molecule has 0 aliphatic carbocycles. The maximum absolute atomic E-state index is 12.5. The molecule has 2 rings (SSSR count). The lowest BCUT2D eigenvalue weighted by molar-refractivity contribution is -0.138. The van der Waals surface area contributed by atoms with Gasteiger partial charge in [-0.1, -0.05) is 0 Å². The second-order valence-corrected chi connectivity index (χ2v) is 5.92. The molecule has 0 aromatic rings. The first kappa shape index (κ1) is 13.8. The first-order valence-corrected chi connectivity index (χ1v) is 7.37. The van der Waals surface area contributed by atoms with Gasteiger partial charge in [-0.3, -0.25) is 9.69 Å². The van der Waals surface area contributed by atoms with Crippen LogP contribution < -0.4 is 5.32 Å². The number of amides is 1. The molecule has 18 heavy (non-hydrogen) atoms. The Hall–Kier alpha value is -0.610. The van der Waals surface area contributed by atoms with Gasteiger partial charge in [-0.05, 0) is 40.0 Å². The zero-order valence-electron chi connectivity index (χ0n) is 12.0. The van der Waals surface area contributed by atoms with Crippen molar-refractivity contribution in [2.24, 2.45) is 0 Å². The van der Waals surface area contributed by atoms with Crippen molar-refractivity contribution in [3.63, 3.8) is 0 Å². The quantitative estimate of drug-likeness (QED) is 0.799. The van der Waals surface area contributed by atoms with Crippen LogP contribution >= 0.6 is 0 Å². The van der Waals surface area contributed by atoms with Crippen LogP contribution in [-0.2, 0) is 4.79 Å². The Morgan fingerprint density at radius 3 is 2.56 bits per heavy atom. The highest BCUT2D eigenvalue weighted by Gasteiger charge is 2.32. The molecule has 2 heterocycles. The minimum absolute atomic E-state index is 0.0302. The number of rotatable bonds is 2. The summed E-state index contributed by atoms with van der Waals surface area (Å²) in [6.07, 6.45) is 3.62. The molecular weight excluding hydrogens is 226 g/mol. The average Bonchev–Trinajstić information content (AvgIpc) is 2.41. The summed E-state index contributed by atoms with van der Waals surface area (Å²) in [7, 11) is 0. The largest absolute Gasteiger partial charge is 0.341 e. The van der Waals surface area contributed by atoms with E-state index < -0.39 is 0 Å². The number of likely N-dealkylation sites (tertiary alicyclic amines) is 1. The van der Waals surface area contributed by atoms with Gasteiger partial charge in [0.05, 0.1) is 6.04 Å². The molecule has 0 saturated carbocycles. The van der Waals surface area contributed by atoms with Crippen LogP contribution in [0.4, 0.5) is 0 Å². The topological polar surface area (TPSA) is 35.6 Å². The van der Waals surface area contributed by atoms with Crippen molar-refractivity contribution in [3.05, 3.63) is 0 Å². The average molecular weight is 253 g/mol. The Morgan fingerprint density at radius 2 is 1.89 bits per heavy atom. The maximum atomic E-state index is 12.5. The van der Waals surface area contributed by atoms with Crippen molar-refractivity contribution in [1.82, 2.24) is 15.1 Å². The van der Waals surface area contributed by atoms with Gasteiger partial charge in [-0.2, -0.15) is 0 Å². The third kappa shape index (κ3) is 3.04. The number of nitrogens with one attached hydrogen (secondary N) is 1. The van der Waals surface area contributed by atoms with E-state index in [4.69, 9.17) is 0 Å². The monoisotopic (exact) mass is 253 g/mol. The molecule has 1 amide bonds. The van der Waals surface area contributed by atoms with Gasteiger partial charge in [0, 0.05) is 38.3 Å². The van der Waals surface area contributed by atoms with Gasteiger partial charge in [0.2, 0.25) is 5.91 Å². The van der Waals surface area contributed by atoms with Crippen molar-refractivity contribution >= 4 is 5.91 Å². The van der Waals surface area contributed by atoms with Gasteiger partial charge in [-0.25, -0.2) is 0 Å². The highest BCUT2D eigenvalue weighted by atomic mass is 16.2. The molecule has 104 valence electrons. The standard InChI is InChI=1S/C14H27N3O/c1-11-10-17(12(2)9-15-11)13(3)14(18)16-7-5-4-6-8-16/h11-13,15H,4-10H2,1-3H3. The summed E-state index contributed by atoms with van der Waals surface area (Å²) in [6.45, 7) is 10.3. The van der Waals surface area contributed by atoms with E-state index in [0.29, 0.717) is 18.0 Å². The third-order valence-corrected chi connectivity index (χ3v) is 4.34. The molecule has 3 unspecified atom stereocenters. The summed E-state index contributed by atoms with van der Waals surface area (Å²) in [5, 5.41) is 3.47. The first-order chi connectivity index (χ1) is 8.59. The van der Waals surface area contributed by atoms with Crippen molar-refractivity contribution in [1.29, 1.82) is 0 Å². The summed E-state index contributed by atoms with van der Waals surface area (Å²) in [5.41, 5.74) is 0. The highest BCUT2D eigenvalue weighted by molar-refractivity contribution is 5.81. The van der Waals surface area contributed by atoms with Crippen LogP contribution in [0.2, 0.25) is 0 Å². The van der Waals surface area contributed by atoms with Crippen LogP contribution in [0, 0.1) is 0 Å². The van der Waals surface area contributed by atoms with Gasteiger partial charge in [-0.15, -0.1) is 0 Å². The van der Waals surface area contributed by atoms with Crippen LogP contribution in [0.25, 0.3) is 0 Å². The molecule has 1 N–H and O–H groups in total. The zero-order valence-corrected chi connectivity index (χ0v) is 12.0. The number of hydrogen-bond donors (Lipinski definition) is 1. The van der Waals surface area contributed by atoms with Gasteiger partial charge in [0.25, 0.3) is 0 Å². The molecule has 3 atom stereocenters. The predicted molar refractivity (Wildman–Crippen MR) is 73.5 cm³/mol. The first-order valence-electron chi connectivity index (χ1n) is 7.37. The molecule has 2 fully saturated rings. The van der Waals surface area contributed by atoms with Crippen LogP contribution in [0.5, 0.6) is 0 Å². The predicted octanol–water partition coefficient (Wildman–Crippen LogP) is 1.07. The van der Waals surface area contributed by atoms with E-state index in [9.17, 15) is 4.79 Å². The highest BCUT2D eigenvalue weighted by Crippen LogP contribution is 2.16. The lowest BCUT2D eigenvalue weighted by Crippen LogP contribution is -2.60. The number of carbonyl (C=O) groups excluding carboxylic acids is 1. The molecule has 0 spiro atoms. The molecule has 0 aromatic heterocycles. The minimum atomic E-state index is 0.0302. The molecule has 0 bridgehead atoms. The summed E-state index contributed by atoms with van der Waals surface area (Å²) >= 11 is 0. The van der Waals surface area contributed by atoms with Gasteiger partial charge < -0.3 is 10.2 Å². The van der Waals surface area contributed by atoms with Crippen molar-refractivity contribution in [2.45, 2.75) is 58.2 Å². The van der Waals surface area contributed by atoms with Gasteiger partial charge >= 0.3 is 0 Å². The van der Waals surface area contributed by atoms with E-state index in [2.05, 4.69) is 35.9 Å².